The fourth-order valence-corrected chi connectivity index (χ4v) is 2.65. The quantitative estimate of drug-likeness (QED) is 0.680. The van der Waals surface area contributed by atoms with E-state index in [0.717, 1.165) is 27.5 Å². The van der Waals surface area contributed by atoms with E-state index in [4.69, 9.17) is 23.2 Å². The van der Waals surface area contributed by atoms with Crippen molar-refractivity contribution in [2.45, 2.75) is 6.61 Å². The second kappa shape index (κ2) is 5.45. The Bertz CT molecular complexity index is 764. The molecule has 0 aromatic heterocycles. The second-order valence-corrected chi connectivity index (χ2v) is 5.55. The number of rotatable bonds is 2. The highest BCUT2D eigenvalue weighted by Gasteiger charge is 2.07. The third kappa shape index (κ3) is 2.53. The van der Waals surface area contributed by atoms with E-state index >= 15 is 0 Å². The van der Waals surface area contributed by atoms with Gasteiger partial charge >= 0.3 is 0 Å². The van der Waals surface area contributed by atoms with Crippen molar-refractivity contribution in [1.82, 2.24) is 0 Å². The molecule has 0 radical (unpaired) electrons. The molecule has 3 rings (SSSR count). The van der Waals surface area contributed by atoms with Gasteiger partial charge in [0, 0.05) is 10.0 Å². The normalized spacial score (nSPS) is 10.9. The number of halogens is 2. The summed E-state index contributed by atoms with van der Waals surface area (Å²) in [7, 11) is 0. The fraction of sp³-hybridized carbons (Fsp3) is 0.0588. The molecule has 1 N–H and O–H groups in total. The molecule has 1 nitrogen and oxygen atoms in total. The smallest absolute Gasteiger partial charge is 0.0682 e. The average molecular weight is 303 g/mol. The summed E-state index contributed by atoms with van der Waals surface area (Å²) in [6, 6.07) is 17.4. The number of aliphatic hydroxyl groups excluding tert-OH is 1. The lowest BCUT2D eigenvalue weighted by Crippen LogP contribution is -1.88. The largest absolute Gasteiger partial charge is 0.392 e. The third-order valence-corrected chi connectivity index (χ3v) is 3.80. The van der Waals surface area contributed by atoms with Crippen LogP contribution in [0.2, 0.25) is 10.0 Å². The Balaban J connectivity index is 2.31. The summed E-state index contributed by atoms with van der Waals surface area (Å²) in [5.74, 6) is 0. The SMILES string of the molecule is OCc1cc(-c2ccc(Cl)cc2)c2cc(Cl)ccc2c1. The molecular weight excluding hydrogens is 291 g/mol. The number of benzene rings is 3. The van der Waals surface area contributed by atoms with Crippen LogP contribution >= 0.6 is 23.2 Å². The van der Waals surface area contributed by atoms with Gasteiger partial charge in [-0.05, 0) is 63.9 Å². The molecule has 0 aliphatic heterocycles. The Morgan fingerprint density at radius 2 is 1.50 bits per heavy atom. The highest BCUT2D eigenvalue weighted by atomic mass is 35.5. The van der Waals surface area contributed by atoms with Crippen LogP contribution in [-0.4, -0.2) is 5.11 Å². The summed E-state index contributed by atoms with van der Waals surface area (Å²) in [5.41, 5.74) is 2.98. The Labute approximate surface area is 127 Å². The fourth-order valence-electron chi connectivity index (χ4n) is 2.35. The van der Waals surface area contributed by atoms with Crippen LogP contribution in [0.15, 0.2) is 54.6 Å². The molecule has 20 heavy (non-hydrogen) atoms. The average Bonchev–Trinajstić information content (AvgIpc) is 2.47. The van der Waals surface area contributed by atoms with Gasteiger partial charge in [-0.15, -0.1) is 0 Å². The number of hydrogen-bond acceptors (Lipinski definition) is 1. The van der Waals surface area contributed by atoms with Gasteiger partial charge in [-0.2, -0.15) is 0 Å². The minimum atomic E-state index is 0.0131. The van der Waals surface area contributed by atoms with Crippen LogP contribution in [-0.2, 0) is 6.61 Å². The number of fused-ring (bicyclic) bond motifs is 1. The minimum absolute atomic E-state index is 0.0131. The van der Waals surface area contributed by atoms with E-state index in [-0.39, 0.29) is 6.61 Å². The monoisotopic (exact) mass is 302 g/mol. The maximum atomic E-state index is 9.42. The minimum Gasteiger partial charge on any atom is -0.392 e. The van der Waals surface area contributed by atoms with Crippen molar-refractivity contribution in [1.29, 1.82) is 0 Å². The van der Waals surface area contributed by atoms with Gasteiger partial charge in [-0.1, -0.05) is 41.4 Å². The lowest BCUT2D eigenvalue weighted by molar-refractivity contribution is 0.282. The number of hydrogen-bond donors (Lipinski definition) is 1. The van der Waals surface area contributed by atoms with E-state index in [9.17, 15) is 5.11 Å². The molecule has 0 saturated carbocycles. The van der Waals surface area contributed by atoms with Crippen LogP contribution in [0, 0.1) is 0 Å². The van der Waals surface area contributed by atoms with Crippen molar-refractivity contribution in [3.8, 4) is 11.1 Å². The van der Waals surface area contributed by atoms with Gasteiger partial charge in [0.15, 0.2) is 0 Å². The van der Waals surface area contributed by atoms with Crippen LogP contribution in [0.3, 0.4) is 0 Å². The van der Waals surface area contributed by atoms with Crippen LogP contribution in [0.25, 0.3) is 21.9 Å². The molecule has 0 fully saturated rings. The van der Waals surface area contributed by atoms with Crippen molar-refractivity contribution in [2.24, 2.45) is 0 Å². The Morgan fingerprint density at radius 1 is 0.800 bits per heavy atom. The molecule has 0 amide bonds. The summed E-state index contributed by atoms with van der Waals surface area (Å²) in [6.45, 7) is 0.0131. The van der Waals surface area contributed by atoms with Crippen LogP contribution in [0.5, 0.6) is 0 Å². The van der Waals surface area contributed by atoms with Gasteiger partial charge in [0.2, 0.25) is 0 Å². The van der Waals surface area contributed by atoms with Gasteiger partial charge in [0.1, 0.15) is 0 Å². The summed E-state index contributed by atoms with van der Waals surface area (Å²) in [5, 5.41) is 12.9. The predicted octanol–water partition coefficient (Wildman–Crippen LogP) is 5.31. The molecule has 3 aromatic carbocycles. The second-order valence-electron chi connectivity index (χ2n) is 4.67. The van der Waals surface area contributed by atoms with E-state index in [0.29, 0.717) is 10.0 Å². The summed E-state index contributed by atoms with van der Waals surface area (Å²) in [4.78, 5) is 0. The van der Waals surface area contributed by atoms with Gasteiger partial charge < -0.3 is 5.11 Å². The highest BCUT2D eigenvalue weighted by molar-refractivity contribution is 6.31. The van der Waals surface area contributed by atoms with Crippen LogP contribution in [0.1, 0.15) is 5.56 Å². The van der Waals surface area contributed by atoms with Crippen molar-refractivity contribution in [2.75, 3.05) is 0 Å². The van der Waals surface area contributed by atoms with Gasteiger partial charge in [-0.3, -0.25) is 0 Å². The van der Waals surface area contributed by atoms with Gasteiger partial charge in [0.05, 0.1) is 6.61 Å². The lowest BCUT2D eigenvalue weighted by atomic mass is 9.96. The molecule has 0 atom stereocenters. The predicted molar refractivity (Wildman–Crippen MR) is 85.3 cm³/mol. The van der Waals surface area contributed by atoms with Crippen LogP contribution < -0.4 is 0 Å². The topological polar surface area (TPSA) is 20.2 Å². The van der Waals surface area contributed by atoms with Crippen molar-refractivity contribution in [3.63, 3.8) is 0 Å². The molecule has 0 aliphatic rings. The first-order valence-electron chi connectivity index (χ1n) is 6.26. The van der Waals surface area contributed by atoms with Crippen LogP contribution in [0.4, 0.5) is 0 Å². The van der Waals surface area contributed by atoms with Crippen molar-refractivity contribution in [3.05, 3.63) is 70.2 Å². The molecule has 100 valence electrons. The first kappa shape index (κ1) is 13.4. The third-order valence-electron chi connectivity index (χ3n) is 3.31. The first-order valence-corrected chi connectivity index (χ1v) is 7.02. The standard InChI is InChI=1S/C17H12Cl2O/c18-14-4-1-12(2-5-14)16-8-11(10-20)7-13-3-6-15(19)9-17(13)16/h1-9,20H,10H2. The Morgan fingerprint density at radius 3 is 2.20 bits per heavy atom. The molecule has 0 unspecified atom stereocenters. The molecule has 0 bridgehead atoms. The Kier molecular flexibility index (Phi) is 3.66. The van der Waals surface area contributed by atoms with E-state index in [1.54, 1.807) is 0 Å². The Hall–Kier alpha value is -1.54. The summed E-state index contributed by atoms with van der Waals surface area (Å²) in [6.07, 6.45) is 0. The molecule has 3 heteroatoms. The molecule has 0 saturated heterocycles. The van der Waals surface area contributed by atoms with Gasteiger partial charge in [0.25, 0.3) is 0 Å². The molecule has 3 aromatic rings. The van der Waals surface area contributed by atoms with Gasteiger partial charge in [-0.25, -0.2) is 0 Å². The van der Waals surface area contributed by atoms with E-state index in [1.807, 2.05) is 54.6 Å². The van der Waals surface area contributed by atoms with E-state index in [2.05, 4.69) is 0 Å². The summed E-state index contributed by atoms with van der Waals surface area (Å²) < 4.78 is 0. The lowest BCUT2D eigenvalue weighted by Gasteiger charge is -2.10. The van der Waals surface area contributed by atoms with Crippen molar-refractivity contribution >= 4 is 34.0 Å². The zero-order valence-electron chi connectivity index (χ0n) is 10.6. The maximum absolute atomic E-state index is 9.42. The molecule has 0 heterocycles. The molecular formula is C17H12Cl2O. The summed E-state index contributed by atoms with van der Waals surface area (Å²) >= 11 is 12.0. The zero-order chi connectivity index (χ0) is 14.1. The molecule has 0 spiro atoms. The van der Waals surface area contributed by atoms with E-state index in [1.165, 1.54) is 0 Å². The maximum Gasteiger partial charge on any atom is 0.0682 e. The van der Waals surface area contributed by atoms with Crippen molar-refractivity contribution < 1.29 is 5.11 Å². The number of aliphatic hydroxyl groups is 1. The van der Waals surface area contributed by atoms with E-state index < -0.39 is 0 Å². The zero-order valence-corrected chi connectivity index (χ0v) is 12.1. The molecule has 0 aliphatic carbocycles. The first-order chi connectivity index (χ1) is 9.67. The highest BCUT2D eigenvalue weighted by Crippen LogP contribution is 2.32.